The fraction of sp³-hybridized carbons (Fsp3) is 0.381. The Morgan fingerprint density at radius 2 is 1.89 bits per heavy atom. The van der Waals surface area contributed by atoms with Crippen LogP contribution in [0.25, 0.3) is 0 Å². The number of rotatable bonds is 5. The Bertz CT molecular complexity index is 907. The van der Waals surface area contributed by atoms with Crippen molar-refractivity contribution >= 4 is 21.6 Å². The van der Waals surface area contributed by atoms with Crippen LogP contribution >= 0.6 is 0 Å². The number of hydrogen-bond donors (Lipinski definition) is 1. The summed E-state index contributed by atoms with van der Waals surface area (Å²) in [5.41, 5.74) is 3.27. The number of benzene rings is 2. The SMILES string of the molecule is CCC(NC(=O)c1cccc(N2CCCCS2(=O)=O)c1)c1ccc(C)cc1. The van der Waals surface area contributed by atoms with E-state index in [1.165, 1.54) is 9.87 Å². The number of sulfonamides is 1. The normalized spacial score (nSPS) is 17.3. The topological polar surface area (TPSA) is 66.5 Å². The van der Waals surface area contributed by atoms with Crippen molar-refractivity contribution in [2.75, 3.05) is 16.6 Å². The van der Waals surface area contributed by atoms with Gasteiger partial charge in [-0.15, -0.1) is 0 Å². The van der Waals surface area contributed by atoms with Crippen molar-refractivity contribution < 1.29 is 13.2 Å². The molecule has 1 aliphatic heterocycles. The average molecular weight is 387 g/mol. The van der Waals surface area contributed by atoms with Crippen LogP contribution in [0.1, 0.15) is 53.7 Å². The van der Waals surface area contributed by atoms with Gasteiger partial charge in [-0.25, -0.2) is 8.42 Å². The van der Waals surface area contributed by atoms with Crippen molar-refractivity contribution in [2.24, 2.45) is 0 Å². The molecule has 6 heteroatoms. The molecule has 1 N–H and O–H groups in total. The molecule has 2 aromatic rings. The predicted octanol–water partition coefficient (Wildman–Crippen LogP) is 3.81. The van der Waals surface area contributed by atoms with Gasteiger partial charge in [0.25, 0.3) is 5.91 Å². The molecule has 5 nitrogen and oxygen atoms in total. The summed E-state index contributed by atoms with van der Waals surface area (Å²) in [5, 5.41) is 3.06. The van der Waals surface area contributed by atoms with Crippen LogP contribution in [0, 0.1) is 6.92 Å². The molecule has 1 aliphatic rings. The second-order valence-corrected chi connectivity index (χ2v) is 9.00. The van der Waals surface area contributed by atoms with E-state index < -0.39 is 10.0 Å². The molecule has 27 heavy (non-hydrogen) atoms. The smallest absolute Gasteiger partial charge is 0.251 e. The molecule has 1 atom stereocenters. The van der Waals surface area contributed by atoms with Crippen LogP contribution in [0.15, 0.2) is 48.5 Å². The van der Waals surface area contributed by atoms with Gasteiger partial charge in [-0.05, 0) is 49.9 Å². The van der Waals surface area contributed by atoms with E-state index in [1.807, 2.05) is 38.1 Å². The predicted molar refractivity (Wildman–Crippen MR) is 108 cm³/mol. The summed E-state index contributed by atoms with van der Waals surface area (Å²) >= 11 is 0. The number of nitrogens with zero attached hydrogens (tertiary/aromatic N) is 1. The third-order valence-corrected chi connectivity index (χ3v) is 6.81. The average Bonchev–Trinajstić information content (AvgIpc) is 2.66. The summed E-state index contributed by atoms with van der Waals surface area (Å²) in [6.07, 6.45) is 2.30. The monoisotopic (exact) mass is 386 g/mol. The molecule has 1 unspecified atom stereocenters. The molecule has 3 rings (SSSR count). The number of amides is 1. The lowest BCUT2D eigenvalue weighted by molar-refractivity contribution is 0.0935. The summed E-state index contributed by atoms with van der Waals surface area (Å²) in [6.45, 7) is 4.53. The fourth-order valence-corrected chi connectivity index (χ4v) is 4.97. The Morgan fingerprint density at radius 3 is 2.56 bits per heavy atom. The van der Waals surface area contributed by atoms with Gasteiger partial charge >= 0.3 is 0 Å². The minimum absolute atomic E-state index is 0.0829. The maximum atomic E-state index is 12.8. The highest BCUT2D eigenvalue weighted by atomic mass is 32.2. The molecule has 1 saturated heterocycles. The highest BCUT2D eigenvalue weighted by Crippen LogP contribution is 2.25. The van der Waals surface area contributed by atoms with Gasteiger partial charge in [0.15, 0.2) is 0 Å². The second-order valence-electron chi connectivity index (χ2n) is 6.99. The molecule has 0 spiro atoms. The zero-order chi connectivity index (χ0) is 19.4. The summed E-state index contributed by atoms with van der Waals surface area (Å²) in [6, 6.07) is 14.9. The molecule has 144 valence electrons. The van der Waals surface area contributed by atoms with Crippen LogP contribution in [0.5, 0.6) is 0 Å². The molecule has 2 aromatic carbocycles. The Kier molecular flexibility index (Phi) is 5.85. The van der Waals surface area contributed by atoms with Gasteiger partial charge in [0, 0.05) is 12.1 Å². The third kappa shape index (κ3) is 4.50. The Labute approximate surface area is 161 Å². The highest BCUT2D eigenvalue weighted by molar-refractivity contribution is 7.92. The summed E-state index contributed by atoms with van der Waals surface area (Å²) in [5.74, 6) is -0.0342. The van der Waals surface area contributed by atoms with Crippen molar-refractivity contribution in [3.8, 4) is 0 Å². The van der Waals surface area contributed by atoms with E-state index in [2.05, 4.69) is 5.32 Å². The quantitative estimate of drug-likeness (QED) is 0.850. The molecule has 1 heterocycles. The first-order valence-electron chi connectivity index (χ1n) is 9.38. The third-order valence-electron chi connectivity index (χ3n) is 4.94. The molecule has 1 fully saturated rings. The van der Waals surface area contributed by atoms with Crippen molar-refractivity contribution in [3.05, 3.63) is 65.2 Å². The van der Waals surface area contributed by atoms with E-state index >= 15 is 0 Å². The van der Waals surface area contributed by atoms with Gasteiger partial charge in [0.1, 0.15) is 0 Å². The van der Waals surface area contributed by atoms with Gasteiger partial charge in [0.2, 0.25) is 10.0 Å². The van der Waals surface area contributed by atoms with Crippen molar-refractivity contribution in [1.29, 1.82) is 0 Å². The van der Waals surface area contributed by atoms with E-state index in [-0.39, 0.29) is 17.7 Å². The number of nitrogens with one attached hydrogen (secondary N) is 1. The summed E-state index contributed by atoms with van der Waals surface area (Å²) in [7, 11) is -3.29. The van der Waals surface area contributed by atoms with Crippen LogP contribution in [0.4, 0.5) is 5.69 Å². The molecule has 0 bridgehead atoms. The van der Waals surface area contributed by atoms with Crippen LogP contribution in [0.3, 0.4) is 0 Å². The Hall–Kier alpha value is -2.34. The molecule has 0 saturated carbocycles. The lowest BCUT2D eigenvalue weighted by Gasteiger charge is -2.28. The summed E-state index contributed by atoms with van der Waals surface area (Å²) < 4.78 is 26.1. The first kappa shape index (κ1) is 19.4. The van der Waals surface area contributed by atoms with Gasteiger partial charge in [-0.1, -0.05) is 42.8 Å². The molecule has 0 aromatic heterocycles. The largest absolute Gasteiger partial charge is 0.345 e. The van der Waals surface area contributed by atoms with Gasteiger partial charge < -0.3 is 5.32 Å². The standard InChI is InChI=1S/C21H26N2O3S/c1-3-20(17-11-9-16(2)10-12-17)22-21(24)18-7-6-8-19(15-18)23-13-4-5-14-27(23,25)26/h6-12,15,20H,3-5,13-14H2,1-2H3,(H,22,24). The lowest BCUT2D eigenvalue weighted by Crippen LogP contribution is -2.38. The number of hydrogen-bond acceptors (Lipinski definition) is 3. The van der Waals surface area contributed by atoms with Gasteiger partial charge in [-0.3, -0.25) is 9.10 Å². The van der Waals surface area contributed by atoms with Crippen molar-refractivity contribution in [1.82, 2.24) is 5.32 Å². The van der Waals surface area contributed by atoms with E-state index in [0.717, 1.165) is 18.4 Å². The minimum atomic E-state index is -3.29. The minimum Gasteiger partial charge on any atom is -0.345 e. The maximum absolute atomic E-state index is 12.8. The highest BCUT2D eigenvalue weighted by Gasteiger charge is 2.26. The van der Waals surface area contributed by atoms with Gasteiger partial charge in [-0.2, -0.15) is 0 Å². The zero-order valence-electron chi connectivity index (χ0n) is 15.8. The van der Waals surface area contributed by atoms with Crippen molar-refractivity contribution in [2.45, 2.75) is 39.2 Å². The van der Waals surface area contributed by atoms with Crippen molar-refractivity contribution in [3.63, 3.8) is 0 Å². The van der Waals surface area contributed by atoms with Crippen LogP contribution < -0.4 is 9.62 Å². The number of aryl methyl sites for hydroxylation is 1. The molecule has 0 radical (unpaired) electrons. The second kappa shape index (κ2) is 8.13. The summed E-state index contributed by atoms with van der Waals surface area (Å²) in [4.78, 5) is 12.8. The molecular weight excluding hydrogens is 360 g/mol. The van der Waals surface area contributed by atoms with Crippen LogP contribution in [-0.2, 0) is 10.0 Å². The number of carbonyl (C=O) groups excluding carboxylic acids is 1. The molecular formula is C21H26N2O3S. The van der Waals surface area contributed by atoms with Gasteiger partial charge in [0.05, 0.1) is 17.5 Å². The molecule has 0 aliphatic carbocycles. The number of anilines is 1. The maximum Gasteiger partial charge on any atom is 0.251 e. The first-order chi connectivity index (χ1) is 12.9. The zero-order valence-corrected chi connectivity index (χ0v) is 16.6. The number of carbonyl (C=O) groups is 1. The first-order valence-corrected chi connectivity index (χ1v) is 11.0. The Balaban J connectivity index is 1.79. The molecule has 1 amide bonds. The van der Waals surface area contributed by atoms with Crippen LogP contribution in [-0.4, -0.2) is 26.6 Å². The van der Waals surface area contributed by atoms with E-state index in [0.29, 0.717) is 24.2 Å². The van der Waals surface area contributed by atoms with Crippen LogP contribution in [0.2, 0.25) is 0 Å². The van der Waals surface area contributed by atoms with E-state index in [4.69, 9.17) is 0 Å². The Morgan fingerprint density at radius 1 is 1.15 bits per heavy atom. The lowest BCUT2D eigenvalue weighted by atomic mass is 10.0. The van der Waals surface area contributed by atoms with E-state index in [1.54, 1.807) is 24.3 Å². The fourth-order valence-electron chi connectivity index (χ4n) is 3.34. The van der Waals surface area contributed by atoms with E-state index in [9.17, 15) is 13.2 Å².